The summed E-state index contributed by atoms with van der Waals surface area (Å²) >= 11 is 0. The van der Waals surface area contributed by atoms with Crippen LogP contribution in [0, 0.1) is 47.3 Å². The Labute approximate surface area is 186 Å². The van der Waals surface area contributed by atoms with Gasteiger partial charge in [-0.05, 0) is 99.2 Å². The van der Waals surface area contributed by atoms with E-state index in [-0.39, 0.29) is 22.9 Å². The van der Waals surface area contributed by atoms with Crippen molar-refractivity contribution in [3.05, 3.63) is 11.9 Å². The summed E-state index contributed by atoms with van der Waals surface area (Å²) in [6, 6.07) is 0. The van der Waals surface area contributed by atoms with E-state index in [0.29, 0.717) is 36.0 Å². The summed E-state index contributed by atoms with van der Waals surface area (Å²) < 4.78 is 5.84. The largest absolute Gasteiger partial charge is 0.393 e. The Hall–Kier alpha value is -1.27. The molecule has 1 heterocycles. The maximum atomic E-state index is 13.3. The maximum Gasteiger partial charge on any atom is 0.159 e. The van der Waals surface area contributed by atoms with Crippen molar-refractivity contribution in [2.24, 2.45) is 40.4 Å². The first-order valence-corrected chi connectivity index (χ1v) is 12.4. The molecule has 0 bridgehead atoms. The van der Waals surface area contributed by atoms with Crippen LogP contribution in [-0.4, -0.2) is 45.7 Å². The van der Waals surface area contributed by atoms with E-state index in [2.05, 4.69) is 17.1 Å². The molecular formula is C25H39N3O3. The smallest absolute Gasteiger partial charge is 0.159 e. The zero-order valence-corrected chi connectivity index (χ0v) is 19.4. The summed E-state index contributed by atoms with van der Waals surface area (Å²) in [7, 11) is 1.85. The number of fused-ring (bicyclic) bond motifs is 5. The van der Waals surface area contributed by atoms with Crippen LogP contribution in [0.4, 0.5) is 0 Å². The summed E-state index contributed by atoms with van der Waals surface area (Å²) in [4.78, 5) is 14.9. The van der Waals surface area contributed by atoms with Crippen LogP contribution in [0.2, 0.25) is 0 Å². The highest BCUT2D eigenvalue weighted by atomic mass is 16.5. The Kier molecular flexibility index (Phi) is 5.53. The topological polar surface area (TPSA) is 77.2 Å². The number of aryl methyl sites for hydroxylation is 1. The number of carbonyl (C=O) groups is 1. The highest BCUT2D eigenvalue weighted by molar-refractivity contribution is 5.82. The van der Waals surface area contributed by atoms with Crippen LogP contribution in [0.1, 0.15) is 70.4 Å². The van der Waals surface area contributed by atoms with Gasteiger partial charge in [0.1, 0.15) is 6.54 Å². The summed E-state index contributed by atoms with van der Waals surface area (Å²) in [5.74, 6) is 3.06. The van der Waals surface area contributed by atoms with Gasteiger partial charge in [-0.2, -0.15) is 15.0 Å². The minimum absolute atomic E-state index is 0.107. The van der Waals surface area contributed by atoms with Crippen LogP contribution < -0.4 is 0 Å². The Morgan fingerprint density at radius 1 is 1.19 bits per heavy atom. The third kappa shape index (κ3) is 3.40. The minimum atomic E-state index is -0.131. The Balaban J connectivity index is 1.37. The first kappa shape index (κ1) is 21.6. The molecule has 1 aromatic heterocycles. The van der Waals surface area contributed by atoms with Gasteiger partial charge in [0.2, 0.25) is 0 Å². The molecule has 0 aromatic carbocycles. The van der Waals surface area contributed by atoms with Gasteiger partial charge in [0, 0.05) is 13.0 Å². The van der Waals surface area contributed by atoms with E-state index in [1.807, 2.05) is 14.0 Å². The number of rotatable bonds is 5. The maximum absolute atomic E-state index is 13.3. The number of Topliss-reactive ketones (excluding diaryl/α,β-unsaturated/α-hetero) is 1. The minimum Gasteiger partial charge on any atom is -0.393 e. The lowest BCUT2D eigenvalue weighted by atomic mass is 9.44. The highest BCUT2D eigenvalue weighted by Crippen LogP contribution is 2.67. The van der Waals surface area contributed by atoms with E-state index in [1.165, 1.54) is 25.7 Å². The molecule has 4 aliphatic carbocycles. The summed E-state index contributed by atoms with van der Waals surface area (Å²) in [6.07, 6.45) is 11.6. The fraction of sp³-hybridized carbons (Fsp3) is 0.880. The van der Waals surface area contributed by atoms with Crippen LogP contribution in [0.25, 0.3) is 0 Å². The first-order valence-electron chi connectivity index (χ1n) is 12.4. The second-order valence-electron chi connectivity index (χ2n) is 11.4. The molecule has 0 spiro atoms. The number of nitrogens with zero attached hydrogens (tertiary/aromatic N) is 3. The summed E-state index contributed by atoms with van der Waals surface area (Å²) in [6.45, 7) is 5.47. The van der Waals surface area contributed by atoms with Crippen molar-refractivity contribution in [3.8, 4) is 0 Å². The highest BCUT2D eigenvalue weighted by Gasteiger charge is 2.62. The SMILES string of the molecule is COC[C@]12CC[C@@H](O)C[C@@H]1CC[C@H]1[C@@H]3CC[C@H](C(=O)Cn4ncc(C)n4)[C@@]3(C)CC[C@@H]12. The Morgan fingerprint density at radius 2 is 2.03 bits per heavy atom. The molecule has 6 heteroatoms. The summed E-state index contributed by atoms with van der Waals surface area (Å²) in [5, 5.41) is 18.9. The standard InChI is InChI=1S/C25H39N3O3/c1-16-13-26-28(27-16)14-23(30)22-7-6-20-19-5-4-17-12-18(29)8-11-25(17,15-31-3)21(19)9-10-24(20,22)2/h13,17-22,29H,4-12,14-15H2,1-3H3/t17-,18+,19-,20-,21-,22+,24-,25+/m0/s1. The first-order chi connectivity index (χ1) is 14.9. The monoisotopic (exact) mass is 429 g/mol. The molecule has 8 atom stereocenters. The fourth-order valence-electron chi connectivity index (χ4n) is 8.82. The van der Waals surface area contributed by atoms with Gasteiger partial charge in [-0.3, -0.25) is 4.79 Å². The van der Waals surface area contributed by atoms with Crippen molar-refractivity contribution in [3.63, 3.8) is 0 Å². The molecule has 0 aliphatic heterocycles. The van der Waals surface area contributed by atoms with E-state index >= 15 is 0 Å². The van der Waals surface area contributed by atoms with Gasteiger partial charge in [0.15, 0.2) is 5.78 Å². The van der Waals surface area contributed by atoms with Gasteiger partial charge in [-0.25, -0.2) is 0 Å². The number of hydrogen-bond donors (Lipinski definition) is 1. The average Bonchev–Trinajstić information content (AvgIpc) is 3.30. The lowest BCUT2D eigenvalue weighted by molar-refractivity contribution is -0.161. The predicted molar refractivity (Wildman–Crippen MR) is 117 cm³/mol. The molecular weight excluding hydrogens is 390 g/mol. The van der Waals surface area contributed by atoms with Crippen LogP contribution >= 0.6 is 0 Å². The zero-order chi connectivity index (χ0) is 21.8. The number of ether oxygens (including phenoxy) is 1. The number of hydrogen-bond acceptors (Lipinski definition) is 5. The molecule has 31 heavy (non-hydrogen) atoms. The van der Waals surface area contributed by atoms with Crippen LogP contribution in [-0.2, 0) is 16.1 Å². The molecule has 1 aromatic rings. The van der Waals surface area contributed by atoms with Crippen molar-refractivity contribution in [1.82, 2.24) is 15.0 Å². The average molecular weight is 430 g/mol. The quantitative estimate of drug-likeness (QED) is 0.770. The van der Waals surface area contributed by atoms with E-state index in [0.717, 1.165) is 44.4 Å². The zero-order valence-electron chi connectivity index (χ0n) is 19.4. The Bertz CT molecular complexity index is 825. The fourth-order valence-corrected chi connectivity index (χ4v) is 8.82. The third-order valence-electron chi connectivity index (χ3n) is 10.1. The van der Waals surface area contributed by atoms with Crippen LogP contribution in [0.15, 0.2) is 6.20 Å². The van der Waals surface area contributed by atoms with Gasteiger partial charge in [0.05, 0.1) is 24.6 Å². The van der Waals surface area contributed by atoms with Crippen LogP contribution in [0.5, 0.6) is 0 Å². The number of methoxy groups -OCH3 is 1. The molecule has 1 N–H and O–H groups in total. The van der Waals surface area contributed by atoms with Crippen molar-refractivity contribution in [2.75, 3.05) is 13.7 Å². The lowest BCUT2D eigenvalue weighted by Gasteiger charge is -2.61. The van der Waals surface area contributed by atoms with Crippen molar-refractivity contribution in [2.45, 2.75) is 84.3 Å². The molecule has 4 saturated carbocycles. The molecule has 0 unspecified atom stereocenters. The van der Waals surface area contributed by atoms with Gasteiger partial charge >= 0.3 is 0 Å². The second-order valence-corrected chi connectivity index (χ2v) is 11.4. The molecule has 0 radical (unpaired) electrons. The number of aliphatic hydroxyl groups excluding tert-OH is 1. The van der Waals surface area contributed by atoms with Crippen LogP contribution in [0.3, 0.4) is 0 Å². The van der Waals surface area contributed by atoms with Crippen molar-refractivity contribution < 1.29 is 14.6 Å². The predicted octanol–water partition coefficient (Wildman–Crippen LogP) is 3.80. The van der Waals surface area contributed by atoms with E-state index in [9.17, 15) is 9.90 Å². The molecule has 0 amide bonds. The second kappa shape index (κ2) is 7.95. The van der Waals surface area contributed by atoms with E-state index in [1.54, 1.807) is 11.0 Å². The summed E-state index contributed by atoms with van der Waals surface area (Å²) in [5.41, 5.74) is 1.20. The number of aliphatic hydroxyl groups is 1. The number of aromatic nitrogens is 3. The van der Waals surface area contributed by atoms with Gasteiger partial charge in [-0.1, -0.05) is 6.92 Å². The lowest BCUT2D eigenvalue weighted by Crippen LogP contribution is -2.57. The molecule has 6 nitrogen and oxygen atoms in total. The van der Waals surface area contributed by atoms with E-state index < -0.39 is 0 Å². The van der Waals surface area contributed by atoms with Gasteiger partial charge in [0.25, 0.3) is 0 Å². The van der Waals surface area contributed by atoms with Gasteiger partial charge in [-0.15, -0.1) is 0 Å². The Morgan fingerprint density at radius 3 is 2.77 bits per heavy atom. The molecule has 172 valence electrons. The number of carbonyl (C=O) groups excluding carboxylic acids is 1. The van der Waals surface area contributed by atoms with E-state index in [4.69, 9.17) is 4.74 Å². The molecule has 4 fully saturated rings. The number of ketones is 1. The van der Waals surface area contributed by atoms with Crippen molar-refractivity contribution in [1.29, 1.82) is 0 Å². The van der Waals surface area contributed by atoms with Crippen molar-refractivity contribution >= 4 is 5.78 Å². The normalized spacial score (nSPS) is 44.4. The molecule has 0 saturated heterocycles. The molecule has 4 aliphatic rings. The third-order valence-corrected chi connectivity index (χ3v) is 10.1. The van der Waals surface area contributed by atoms with Gasteiger partial charge < -0.3 is 9.84 Å². The molecule has 5 rings (SSSR count).